The van der Waals surface area contributed by atoms with Gasteiger partial charge in [0.25, 0.3) is 0 Å². The zero-order valence-electron chi connectivity index (χ0n) is 12.7. The van der Waals surface area contributed by atoms with E-state index in [1.165, 1.54) is 6.42 Å². The molecule has 1 aromatic rings. The standard InChI is InChI=1S/C14H24ClN5O/c1-10(2)11(6-9-21)16-13-17-12(15)18-14(19-13)20-7-4-3-5-8-20/h10-11,21H,3-9H2,1-2H3,(H,16,17,18,19). The highest BCUT2D eigenvalue weighted by atomic mass is 35.5. The van der Waals surface area contributed by atoms with Crippen LogP contribution < -0.4 is 10.2 Å². The van der Waals surface area contributed by atoms with Crippen molar-refractivity contribution in [2.24, 2.45) is 5.92 Å². The number of anilines is 2. The second-order valence-corrected chi connectivity index (χ2v) is 6.12. The number of aliphatic hydroxyl groups excluding tert-OH is 1. The summed E-state index contributed by atoms with van der Waals surface area (Å²) >= 11 is 6.03. The minimum Gasteiger partial charge on any atom is -0.396 e. The highest BCUT2D eigenvalue weighted by Gasteiger charge is 2.18. The Morgan fingerprint density at radius 3 is 2.52 bits per heavy atom. The molecule has 6 nitrogen and oxygen atoms in total. The molecule has 0 aliphatic carbocycles. The van der Waals surface area contributed by atoms with Gasteiger partial charge < -0.3 is 15.3 Å². The Balaban J connectivity index is 2.13. The third kappa shape index (κ3) is 4.68. The topological polar surface area (TPSA) is 74.2 Å². The highest BCUT2D eigenvalue weighted by Crippen LogP contribution is 2.20. The van der Waals surface area contributed by atoms with Crippen molar-refractivity contribution in [1.29, 1.82) is 0 Å². The zero-order chi connectivity index (χ0) is 15.2. The predicted molar refractivity (Wildman–Crippen MR) is 84.9 cm³/mol. The Bertz CT molecular complexity index is 451. The van der Waals surface area contributed by atoms with E-state index in [9.17, 15) is 0 Å². The van der Waals surface area contributed by atoms with E-state index in [1.807, 2.05) is 0 Å². The maximum absolute atomic E-state index is 9.15. The molecule has 0 saturated carbocycles. The fourth-order valence-corrected chi connectivity index (χ4v) is 2.67. The zero-order valence-corrected chi connectivity index (χ0v) is 13.5. The molecule has 0 spiro atoms. The Kier molecular flexibility index (Phi) is 5.99. The molecule has 1 atom stereocenters. The Labute approximate surface area is 131 Å². The van der Waals surface area contributed by atoms with Crippen molar-refractivity contribution in [1.82, 2.24) is 15.0 Å². The fourth-order valence-electron chi connectivity index (χ4n) is 2.52. The molecule has 1 aromatic heterocycles. The monoisotopic (exact) mass is 313 g/mol. The molecule has 1 unspecified atom stereocenters. The maximum Gasteiger partial charge on any atom is 0.231 e. The van der Waals surface area contributed by atoms with Gasteiger partial charge in [0.2, 0.25) is 17.2 Å². The number of halogens is 1. The smallest absolute Gasteiger partial charge is 0.231 e. The molecule has 2 rings (SSSR count). The Morgan fingerprint density at radius 1 is 1.19 bits per heavy atom. The fraction of sp³-hybridized carbons (Fsp3) is 0.786. The summed E-state index contributed by atoms with van der Waals surface area (Å²) < 4.78 is 0. The summed E-state index contributed by atoms with van der Waals surface area (Å²) in [6.07, 6.45) is 4.22. The number of hydrogen-bond acceptors (Lipinski definition) is 6. The maximum atomic E-state index is 9.15. The second kappa shape index (κ2) is 7.75. The van der Waals surface area contributed by atoms with Crippen LogP contribution in [0.15, 0.2) is 0 Å². The van der Waals surface area contributed by atoms with Gasteiger partial charge in [0.1, 0.15) is 0 Å². The molecule has 1 aliphatic rings. The number of aromatic nitrogens is 3. The van der Waals surface area contributed by atoms with Crippen molar-refractivity contribution in [3.8, 4) is 0 Å². The lowest BCUT2D eigenvalue weighted by molar-refractivity contribution is 0.267. The Hall–Kier alpha value is -1.14. The van der Waals surface area contributed by atoms with E-state index < -0.39 is 0 Å². The molecule has 0 bridgehead atoms. The first-order chi connectivity index (χ1) is 10.1. The first-order valence-electron chi connectivity index (χ1n) is 7.64. The van der Waals surface area contributed by atoms with Crippen molar-refractivity contribution in [3.63, 3.8) is 0 Å². The van der Waals surface area contributed by atoms with Gasteiger partial charge >= 0.3 is 0 Å². The van der Waals surface area contributed by atoms with E-state index >= 15 is 0 Å². The molecule has 1 saturated heterocycles. The van der Waals surface area contributed by atoms with Gasteiger partial charge in [-0.1, -0.05) is 13.8 Å². The number of rotatable bonds is 6. The van der Waals surface area contributed by atoms with Gasteiger partial charge in [-0.15, -0.1) is 0 Å². The van der Waals surface area contributed by atoms with Gasteiger partial charge in [0, 0.05) is 25.7 Å². The average Bonchev–Trinajstić information content (AvgIpc) is 2.47. The lowest BCUT2D eigenvalue weighted by Gasteiger charge is -2.27. The van der Waals surface area contributed by atoms with Gasteiger partial charge in [-0.2, -0.15) is 15.0 Å². The molecule has 2 heterocycles. The number of nitrogens with zero attached hydrogens (tertiary/aromatic N) is 4. The second-order valence-electron chi connectivity index (χ2n) is 5.78. The minimum absolute atomic E-state index is 0.114. The van der Waals surface area contributed by atoms with Crippen LogP contribution in [0.3, 0.4) is 0 Å². The molecule has 7 heteroatoms. The summed E-state index contributed by atoms with van der Waals surface area (Å²) in [6.45, 7) is 6.26. The van der Waals surface area contributed by atoms with E-state index in [0.717, 1.165) is 25.9 Å². The van der Waals surface area contributed by atoms with Gasteiger partial charge in [-0.25, -0.2) is 0 Å². The normalized spacial score (nSPS) is 17.1. The molecule has 21 heavy (non-hydrogen) atoms. The molecular formula is C14H24ClN5O. The molecular weight excluding hydrogens is 290 g/mol. The summed E-state index contributed by atoms with van der Waals surface area (Å²) in [5, 5.41) is 12.6. The van der Waals surface area contributed by atoms with Crippen LogP contribution in [-0.2, 0) is 0 Å². The molecule has 2 N–H and O–H groups in total. The van der Waals surface area contributed by atoms with Crippen molar-refractivity contribution in [3.05, 3.63) is 5.28 Å². The van der Waals surface area contributed by atoms with Crippen molar-refractivity contribution in [2.45, 2.75) is 45.6 Å². The largest absolute Gasteiger partial charge is 0.396 e. The molecule has 118 valence electrons. The summed E-state index contributed by atoms with van der Waals surface area (Å²) in [4.78, 5) is 15.0. The summed E-state index contributed by atoms with van der Waals surface area (Å²) in [7, 11) is 0. The molecule has 1 aliphatic heterocycles. The van der Waals surface area contributed by atoms with Gasteiger partial charge in [0.15, 0.2) is 0 Å². The molecule has 0 radical (unpaired) electrons. The minimum atomic E-state index is 0.114. The number of hydrogen-bond donors (Lipinski definition) is 2. The van der Waals surface area contributed by atoms with E-state index in [4.69, 9.17) is 16.7 Å². The van der Waals surface area contributed by atoms with E-state index in [1.54, 1.807) is 0 Å². The van der Waals surface area contributed by atoms with Crippen molar-refractivity contribution in [2.75, 3.05) is 29.9 Å². The van der Waals surface area contributed by atoms with Crippen molar-refractivity contribution >= 4 is 23.5 Å². The Morgan fingerprint density at radius 2 is 1.90 bits per heavy atom. The van der Waals surface area contributed by atoms with Gasteiger partial charge in [0.05, 0.1) is 0 Å². The van der Waals surface area contributed by atoms with Crippen LogP contribution in [0.4, 0.5) is 11.9 Å². The van der Waals surface area contributed by atoms with Crippen molar-refractivity contribution < 1.29 is 5.11 Å². The highest BCUT2D eigenvalue weighted by molar-refractivity contribution is 6.28. The lowest BCUT2D eigenvalue weighted by Crippen LogP contribution is -2.32. The molecule has 1 fully saturated rings. The first-order valence-corrected chi connectivity index (χ1v) is 8.02. The van der Waals surface area contributed by atoms with Gasteiger partial charge in [-0.05, 0) is 43.2 Å². The third-order valence-electron chi connectivity index (χ3n) is 3.79. The number of nitrogens with one attached hydrogen (secondary N) is 1. The van der Waals surface area contributed by atoms with Crippen LogP contribution in [-0.4, -0.2) is 45.8 Å². The van der Waals surface area contributed by atoms with Crippen LogP contribution in [0.2, 0.25) is 5.28 Å². The summed E-state index contributed by atoms with van der Waals surface area (Å²) in [6, 6.07) is 0.114. The summed E-state index contributed by atoms with van der Waals surface area (Å²) in [5.74, 6) is 1.50. The van der Waals surface area contributed by atoms with Crippen LogP contribution in [0.5, 0.6) is 0 Å². The number of aliphatic hydroxyl groups is 1. The van der Waals surface area contributed by atoms with Crippen LogP contribution in [0, 0.1) is 5.92 Å². The lowest BCUT2D eigenvalue weighted by atomic mass is 10.0. The molecule has 0 aromatic carbocycles. The quantitative estimate of drug-likeness (QED) is 0.839. The first kappa shape index (κ1) is 16.2. The summed E-state index contributed by atoms with van der Waals surface area (Å²) in [5.41, 5.74) is 0. The van der Waals surface area contributed by atoms with Crippen LogP contribution in [0.1, 0.15) is 39.5 Å². The van der Waals surface area contributed by atoms with Crippen LogP contribution in [0.25, 0.3) is 0 Å². The third-order valence-corrected chi connectivity index (χ3v) is 3.96. The molecule has 0 amide bonds. The van der Waals surface area contributed by atoms with E-state index in [-0.39, 0.29) is 17.9 Å². The SMILES string of the molecule is CC(C)C(CCO)Nc1nc(Cl)nc(N2CCCCC2)n1. The van der Waals surface area contributed by atoms with E-state index in [2.05, 4.69) is 39.0 Å². The van der Waals surface area contributed by atoms with Gasteiger partial charge in [-0.3, -0.25) is 0 Å². The van der Waals surface area contributed by atoms with Crippen LogP contribution >= 0.6 is 11.6 Å². The predicted octanol–water partition coefficient (Wildman–Crippen LogP) is 2.33. The van der Waals surface area contributed by atoms with E-state index in [0.29, 0.717) is 24.2 Å². The average molecular weight is 314 g/mol. The number of piperidine rings is 1.